The van der Waals surface area contributed by atoms with Crippen molar-refractivity contribution in [2.75, 3.05) is 6.54 Å². The van der Waals surface area contributed by atoms with Gasteiger partial charge in [0, 0.05) is 11.6 Å². The molecule has 2 rings (SSSR count). The number of hydrogen-bond acceptors (Lipinski definition) is 1. The second kappa shape index (κ2) is 5.35. The van der Waals surface area contributed by atoms with Gasteiger partial charge in [0.25, 0.3) is 5.92 Å². The third-order valence-electron chi connectivity index (χ3n) is 4.25. The Morgan fingerprint density at radius 3 is 2.39 bits per heavy atom. The SMILES string of the molecule is CC1CCC(NCC(F)(F)c2ccccc2)C1C. The first-order chi connectivity index (χ1) is 8.50. The van der Waals surface area contributed by atoms with Crippen molar-refractivity contribution in [3.8, 4) is 0 Å². The molecule has 0 saturated heterocycles. The molecule has 1 aromatic rings. The van der Waals surface area contributed by atoms with E-state index in [2.05, 4.69) is 19.2 Å². The zero-order chi connectivity index (χ0) is 13.2. The molecule has 1 aromatic carbocycles. The van der Waals surface area contributed by atoms with Gasteiger partial charge in [-0.3, -0.25) is 0 Å². The van der Waals surface area contributed by atoms with Gasteiger partial charge >= 0.3 is 0 Å². The van der Waals surface area contributed by atoms with E-state index in [1.165, 1.54) is 12.1 Å². The molecule has 0 heterocycles. The summed E-state index contributed by atoms with van der Waals surface area (Å²) in [4.78, 5) is 0. The first kappa shape index (κ1) is 13.5. The highest BCUT2D eigenvalue weighted by Gasteiger charge is 2.35. The molecule has 0 aliphatic heterocycles. The van der Waals surface area contributed by atoms with Gasteiger partial charge in [-0.25, -0.2) is 0 Å². The molecule has 0 radical (unpaired) electrons. The number of alkyl halides is 2. The number of hydrogen-bond donors (Lipinski definition) is 1. The van der Waals surface area contributed by atoms with E-state index < -0.39 is 5.92 Å². The predicted octanol–water partition coefficient (Wildman–Crippen LogP) is 3.80. The predicted molar refractivity (Wildman–Crippen MR) is 69.7 cm³/mol. The van der Waals surface area contributed by atoms with Gasteiger partial charge in [-0.15, -0.1) is 0 Å². The quantitative estimate of drug-likeness (QED) is 0.860. The van der Waals surface area contributed by atoms with Crippen LogP contribution in [0.15, 0.2) is 30.3 Å². The average molecular weight is 253 g/mol. The minimum absolute atomic E-state index is 0.0937. The van der Waals surface area contributed by atoms with Crippen LogP contribution in [0.25, 0.3) is 0 Å². The molecule has 1 aliphatic rings. The van der Waals surface area contributed by atoms with Gasteiger partial charge in [0.1, 0.15) is 0 Å². The van der Waals surface area contributed by atoms with Crippen LogP contribution in [0.2, 0.25) is 0 Å². The molecule has 1 N–H and O–H groups in total. The lowest BCUT2D eigenvalue weighted by molar-refractivity contribution is -0.00685. The van der Waals surface area contributed by atoms with Gasteiger partial charge in [0.2, 0.25) is 0 Å². The lowest BCUT2D eigenvalue weighted by Crippen LogP contribution is -2.39. The van der Waals surface area contributed by atoms with Crippen molar-refractivity contribution in [2.45, 2.75) is 38.7 Å². The largest absolute Gasteiger partial charge is 0.308 e. The summed E-state index contributed by atoms with van der Waals surface area (Å²) in [5.41, 5.74) is 0.0937. The van der Waals surface area contributed by atoms with Crippen LogP contribution in [0.5, 0.6) is 0 Å². The Balaban J connectivity index is 1.93. The first-order valence-corrected chi connectivity index (χ1v) is 6.67. The van der Waals surface area contributed by atoms with E-state index in [1.807, 2.05) is 0 Å². The Hall–Kier alpha value is -0.960. The monoisotopic (exact) mass is 253 g/mol. The highest BCUT2D eigenvalue weighted by Crippen LogP contribution is 2.33. The van der Waals surface area contributed by atoms with E-state index in [0.29, 0.717) is 11.8 Å². The maximum Gasteiger partial charge on any atom is 0.285 e. The molecular weight excluding hydrogens is 232 g/mol. The molecule has 1 saturated carbocycles. The molecular formula is C15H21F2N. The summed E-state index contributed by atoms with van der Waals surface area (Å²) < 4.78 is 27.9. The fourth-order valence-corrected chi connectivity index (χ4v) is 2.70. The fourth-order valence-electron chi connectivity index (χ4n) is 2.70. The lowest BCUT2D eigenvalue weighted by atomic mass is 9.97. The second-order valence-corrected chi connectivity index (χ2v) is 5.47. The van der Waals surface area contributed by atoms with Crippen molar-refractivity contribution in [3.63, 3.8) is 0 Å². The number of nitrogens with one attached hydrogen (secondary N) is 1. The molecule has 0 spiro atoms. The number of rotatable bonds is 4. The Kier molecular flexibility index (Phi) is 4.00. The summed E-state index contributed by atoms with van der Waals surface area (Å²) in [6.07, 6.45) is 2.14. The lowest BCUT2D eigenvalue weighted by Gasteiger charge is -2.24. The van der Waals surface area contributed by atoms with Crippen LogP contribution in [-0.4, -0.2) is 12.6 Å². The highest BCUT2D eigenvalue weighted by molar-refractivity contribution is 5.20. The summed E-state index contributed by atoms with van der Waals surface area (Å²) in [6.45, 7) is 4.08. The van der Waals surface area contributed by atoms with E-state index in [0.717, 1.165) is 12.8 Å². The smallest absolute Gasteiger partial charge is 0.285 e. The third kappa shape index (κ3) is 2.89. The van der Waals surface area contributed by atoms with Crippen molar-refractivity contribution >= 4 is 0 Å². The Morgan fingerprint density at radius 2 is 1.83 bits per heavy atom. The van der Waals surface area contributed by atoms with Crippen molar-refractivity contribution in [1.82, 2.24) is 5.32 Å². The molecule has 18 heavy (non-hydrogen) atoms. The van der Waals surface area contributed by atoms with Crippen LogP contribution in [-0.2, 0) is 5.92 Å². The molecule has 3 heteroatoms. The molecule has 3 unspecified atom stereocenters. The van der Waals surface area contributed by atoms with Crippen LogP contribution in [0.4, 0.5) is 8.78 Å². The van der Waals surface area contributed by atoms with E-state index in [1.54, 1.807) is 18.2 Å². The summed E-state index contributed by atoms with van der Waals surface area (Å²) in [6, 6.07) is 8.28. The van der Waals surface area contributed by atoms with E-state index in [9.17, 15) is 8.78 Å². The van der Waals surface area contributed by atoms with Gasteiger partial charge < -0.3 is 5.32 Å². The standard InChI is InChI=1S/C15H21F2N/c1-11-8-9-14(12(11)2)18-10-15(16,17)13-6-4-3-5-7-13/h3-7,11-12,14,18H,8-10H2,1-2H3. The van der Waals surface area contributed by atoms with Crippen molar-refractivity contribution in [3.05, 3.63) is 35.9 Å². The van der Waals surface area contributed by atoms with E-state index >= 15 is 0 Å². The normalized spacial score (nSPS) is 28.6. The van der Waals surface area contributed by atoms with E-state index in [4.69, 9.17) is 0 Å². The number of benzene rings is 1. The molecule has 100 valence electrons. The second-order valence-electron chi connectivity index (χ2n) is 5.47. The number of halogens is 2. The third-order valence-corrected chi connectivity index (χ3v) is 4.25. The fraction of sp³-hybridized carbons (Fsp3) is 0.600. The van der Waals surface area contributed by atoms with Gasteiger partial charge in [-0.2, -0.15) is 8.78 Å². The molecule has 0 amide bonds. The Labute approximate surface area is 108 Å². The molecule has 3 atom stereocenters. The summed E-state index contributed by atoms with van der Waals surface area (Å²) >= 11 is 0. The first-order valence-electron chi connectivity index (χ1n) is 6.67. The minimum Gasteiger partial charge on any atom is -0.308 e. The van der Waals surface area contributed by atoms with Crippen LogP contribution in [0.1, 0.15) is 32.3 Å². The zero-order valence-electron chi connectivity index (χ0n) is 11.0. The van der Waals surface area contributed by atoms with Gasteiger partial charge in [0.15, 0.2) is 0 Å². The zero-order valence-corrected chi connectivity index (χ0v) is 11.0. The van der Waals surface area contributed by atoms with Crippen LogP contribution in [0.3, 0.4) is 0 Å². The Bertz CT molecular complexity index is 377. The van der Waals surface area contributed by atoms with Gasteiger partial charge in [-0.05, 0) is 24.7 Å². The van der Waals surface area contributed by atoms with Crippen molar-refractivity contribution in [1.29, 1.82) is 0 Å². The Morgan fingerprint density at radius 1 is 1.17 bits per heavy atom. The topological polar surface area (TPSA) is 12.0 Å². The van der Waals surface area contributed by atoms with E-state index in [-0.39, 0.29) is 18.2 Å². The average Bonchev–Trinajstić information content (AvgIpc) is 2.69. The van der Waals surface area contributed by atoms with Crippen LogP contribution < -0.4 is 5.32 Å². The van der Waals surface area contributed by atoms with Crippen LogP contribution in [0, 0.1) is 11.8 Å². The highest BCUT2D eigenvalue weighted by atomic mass is 19.3. The van der Waals surface area contributed by atoms with Crippen LogP contribution >= 0.6 is 0 Å². The molecule has 1 fully saturated rings. The molecule has 0 bridgehead atoms. The minimum atomic E-state index is -2.78. The molecule has 1 nitrogen and oxygen atoms in total. The summed E-state index contributed by atoms with van der Waals surface area (Å²) in [5.74, 6) is -1.67. The van der Waals surface area contributed by atoms with Crippen molar-refractivity contribution < 1.29 is 8.78 Å². The maximum atomic E-state index is 14.0. The van der Waals surface area contributed by atoms with Gasteiger partial charge in [-0.1, -0.05) is 44.2 Å². The van der Waals surface area contributed by atoms with Gasteiger partial charge in [0.05, 0.1) is 6.54 Å². The van der Waals surface area contributed by atoms with Crippen molar-refractivity contribution in [2.24, 2.45) is 11.8 Å². The molecule has 1 aliphatic carbocycles. The summed E-state index contributed by atoms with van der Waals surface area (Å²) in [5, 5.41) is 3.05. The maximum absolute atomic E-state index is 14.0. The molecule has 0 aromatic heterocycles. The summed E-state index contributed by atoms with van der Waals surface area (Å²) in [7, 11) is 0.